The van der Waals surface area contributed by atoms with Crippen LogP contribution >= 0.6 is 11.3 Å². The summed E-state index contributed by atoms with van der Waals surface area (Å²) in [6.45, 7) is 8.96. The van der Waals surface area contributed by atoms with E-state index in [1.807, 2.05) is 0 Å². The first-order chi connectivity index (χ1) is 10.4. The van der Waals surface area contributed by atoms with Crippen LogP contribution < -0.4 is 5.32 Å². The number of ether oxygens (including phenoxy) is 1. The number of thiophene rings is 1. The molecular formula is C17H24N2O2S. The molecule has 0 saturated carbocycles. The van der Waals surface area contributed by atoms with Gasteiger partial charge in [0.1, 0.15) is 11.1 Å². The first kappa shape index (κ1) is 16.8. The quantitative estimate of drug-likeness (QED) is 0.872. The fraction of sp³-hybridized carbons (Fsp3) is 0.647. The summed E-state index contributed by atoms with van der Waals surface area (Å²) in [5, 5.41) is 12.8. The molecule has 0 saturated heterocycles. The van der Waals surface area contributed by atoms with Crippen LogP contribution in [0.4, 0.5) is 9.80 Å². The summed E-state index contributed by atoms with van der Waals surface area (Å²) in [5.41, 5.74) is 2.06. The minimum atomic E-state index is -0.483. The number of carbonyl (C=O) groups excluding carboxylic acids is 1. The molecular weight excluding hydrogens is 296 g/mol. The Morgan fingerprint density at radius 2 is 2.23 bits per heavy atom. The van der Waals surface area contributed by atoms with Crippen LogP contribution in [0.5, 0.6) is 0 Å². The standard InChI is InChI=1S/C17H24N2O2S/c1-5-17(3,4)11-7-8-12-13(10-18)15(22-14(12)9-11)19-16(20)21-6-2/h11H,5-9H2,1-4H3,(H,19,20)/t11-/m1/s1. The van der Waals surface area contributed by atoms with Crippen molar-refractivity contribution in [1.82, 2.24) is 0 Å². The summed E-state index contributed by atoms with van der Waals surface area (Å²) >= 11 is 1.54. The third kappa shape index (κ3) is 3.27. The smallest absolute Gasteiger partial charge is 0.412 e. The zero-order valence-corrected chi connectivity index (χ0v) is 14.6. The highest BCUT2D eigenvalue weighted by molar-refractivity contribution is 7.16. The SMILES string of the molecule is CCOC(=O)Nc1sc2c(c1C#N)CC[C@@H](C(C)(C)CC)C2. The lowest BCUT2D eigenvalue weighted by Gasteiger charge is -2.36. The van der Waals surface area contributed by atoms with Crippen molar-refractivity contribution in [2.75, 3.05) is 11.9 Å². The molecule has 1 aliphatic carbocycles. The molecule has 0 spiro atoms. The van der Waals surface area contributed by atoms with Crippen LogP contribution in [0.25, 0.3) is 0 Å². The van der Waals surface area contributed by atoms with Gasteiger partial charge in [-0.15, -0.1) is 11.3 Å². The average Bonchev–Trinajstić information content (AvgIpc) is 2.83. The second kappa shape index (κ2) is 6.70. The predicted octanol–water partition coefficient (Wildman–Crippen LogP) is 4.73. The number of anilines is 1. The zero-order chi connectivity index (χ0) is 16.3. The number of rotatable bonds is 4. The van der Waals surface area contributed by atoms with Gasteiger partial charge >= 0.3 is 6.09 Å². The predicted molar refractivity (Wildman–Crippen MR) is 89.3 cm³/mol. The van der Waals surface area contributed by atoms with Crippen LogP contribution in [0.1, 0.15) is 56.5 Å². The van der Waals surface area contributed by atoms with Crippen molar-refractivity contribution in [3.8, 4) is 6.07 Å². The minimum absolute atomic E-state index is 0.309. The van der Waals surface area contributed by atoms with Gasteiger partial charge in [-0.3, -0.25) is 5.32 Å². The molecule has 0 radical (unpaired) electrons. The van der Waals surface area contributed by atoms with E-state index in [9.17, 15) is 10.1 Å². The van der Waals surface area contributed by atoms with Crippen molar-refractivity contribution in [2.45, 2.75) is 53.4 Å². The molecule has 22 heavy (non-hydrogen) atoms. The summed E-state index contributed by atoms with van der Waals surface area (Å²) < 4.78 is 4.92. The second-order valence-electron chi connectivity index (χ2n) is 6.45. The van der Waals surface area contributed by atoms with Crippen LogP contribution in [0.2, 0.25) is 0 Å². The number of nitriles is 1. The molecule has 0 aromatic carbocycles. The molecule has 120 valence electrons. The van der Waals surface area contributed by atoms with Gasteiger partial charge in [-0.2, -0.15) is 5.26 Å². The summed E-state index contributed by atoms with van der Waals surface area (Å²) in [5.74, 6) is 0.630. The van der Waals surface area contributed by atoms with E-state index in [2.05, 4.69) is 32.2 Å². The number of hydrogen-bond acceptors (Lipinski definition) is 4. The normalized spacial score (nSPS) is 17.5. The van der Waals surface area contributed by atoms with Crippen molar-refractivity contribution in [1.29, 1.82) is 5.26 Å². The van der Waals surface area contributed by atoms with Crippen LogP contribution in [-0.4, -0.2) is 12.7 Å². The number of fused-ring (bicyclic) bond motifs is 1. The molecule has 1 aromatic heterocycles. The van der Waals surface area contributed by atoms with Crippen molar-refractivity contribution < 1.29 is 9.53 Å². The third-order valence-corrected chi connectivity index (χ3v) is 6.05. The van der Waals surface area contributed by atoms with E-state index in [1.165, 1.54) is 16.2 Å². The Balaban J connectivity index is 2.25. The first-order valence-electron chi connectivity index (χ1n) is 7.91. The Bertz CT molecular complexity index is 599. The lowest BCUT2D eigenvalue weighted by Crippen LogP contribution is -2.28. The highest BCUT2D eigenvalue weighted by Crippen LogP contribution is 2.45. The summed E-state index contributed by atoms with van der Waals surface area (Å²) in [4.78, 5) is 12.9. The van der Waals surface area contributed by atoms with Crippen LogP contribution in [0.15, 0.2) is 0 Å². The molecule has 5 heteroatoms. The lowest BCUT2D eigenvalue weighted by atomic mass is 9.69. The maximum atomic E-state index is 11.6. The number of nitrogens with one attached hydrogen (secondary N) is 1. The zero-order valence-electron chi connectivity index (χ0n) is 13.8. The number of nitrogens with zero attached hydrogens (tertiary/aromatic N) is 1. The minimum Gasteiger partial charge on any atom is -0.450 e. The van der Waals surface area contributed by atoms with Gasteiger partial charge in [0.25, 0.3) is 0 Å². The van der Waals surface area contributed by atoms with Gasteiger partial charge in [0, 0.05) is 4.88 Å². The highest BCUT2D eigenvalue weighted by atomic mass is 32.1. The Hall–Kier alpha value is -1.54. The van der Waals surface area contributed by atoms with E-state index < -0.39 is 6.09 Å². The van der Waals surface area contributed by atoms with E-state index in [-0.39, 0.29) is 0 Å². The maximum absolute atomic E-state index is 11.6. The Labute approximate surface area is 136 Å². The highest BCUT2D eigenvalue weighted by Gasteiger charge is 2.34. The molecule has 0 aliphatic heterocycles. The van der Waals surface area contributed by atoms with Crippen LogP contribution in [-0.2, 0) is 17.6 Å². The molecule has 1 aliphatic rings. The lowest BCUT2D eigenvalue weighted by molar-refractivity contribution is 0.168. The number of carbonyl (C=O) groups is 1. The van der Waals surface area contributed by atoms with E-state index in [0.29, 0.717) is 28.5 Å². The first-order valence-corrected chi connectivity index (χ1v) is 8.73. The largest absolute Gasteiger partial charge is 0.450 e. The van der Waals surface area contributed by atoms with Gasteiger partial charge in [0.05, 0.1) is 12.2 Å². The van der Waals surface area contributed by atoms with Crippen molar-refractivity contribution in [3.63, 3.8) is 0 Å². The van der Waals surface area contributed by atoms with Crippen LogP contribution in [0, 0.1) is 22.7 Å². The molecule has 1 heterocycles. The fourth-order valence-electron chi connectivity index (χ4n) is 3.01. The fourth-order valence-corrected chi connectivity index (χ4v) is 4.27. The van der Waals surface area contributed by atoms with Crippen molar-refractivity contribution >= 4 is 22.4 Å². The summed E-state index contributed by atoms with van der Waals surface area (Å²) in [7, 11) is 0. The van der Waals surface area contributed by atoms with Gasteiger partial charge < -0.3 is 4.74 Å². The molecule has 0 fully saturated rings. The molecule has 0 unspecified atom stereocenters. The molecule has 1 aromatic rings. The van der Waals surface area contributed by atoms with Gasteiger partial charge in [-0.05, 0) is 43.1 Å². The third-order valence-electron chi connectivity index (χ3n) is 4.88. The van der Waals surface area contributed by atoms with E-state index in [0.717, 1.165) is 31.2 Å². The van der Waals surface area contributed by atoms with Gasteiger partial charge in [-0.25, -0.2) is 4.79 Å². The topological polar surface area (TPSA) is 62.1 Å². The van der Waals surface area contributed by atoms with Crippen molar-refractivity contribution in [2.24, 2.45) is 11.3 Å². The Morgan fingerprint density at radius 3 is 2.82 bits per heavy atom. The molecule has 2 rings (SSSR count). The van der Waals surface area contributed by atoms with Gasteiger partial charge in [-0.1, -0.05) is 27.2 Å². The summed E-state index contributed by atoms with van der Waals surface area (Å²) in [6, 6.07) is 2.26. The molecule has 1 amide bonds. The van der Waals surface area contributed by atoms with Crippen molar-refractivity contribution in [3.05, 3.63) is 16.0 Å². The average molecular weight is 320 g/mol. The van der Waals surface area contributed by atoms with Gasteiger partial charge in [0.15, 0.2) is 0 Å². The molecule has 0 bridgehead atoms. The summed E-state index contributed by atoms with van der Waals surface area (Å²) in [6.07, 6.45) is 3.70. The molecule has 1 atom stereocenters. The van der Waals surface area contributed by atoms with E-state index in [1.54, 1.807) is 6.92 Å². The monoisotopic (exact) mass is 320 g/mol. The Morgan fingerprint density at radius 1 is 1.50 bits per heavy atom. The van der Waals surface area contributed by atoms with E-state index >= 15 is 0 Å². The second-order valence-corrected chi connectivity index (χ2v) is 7.55. The maximum Gasteiger partial charge on any atom is 0.412 e. The van der Waals surface area contributed by atoms with Crippen LogP contribution in [0.3, 0.4) is 0 Å². The molecule has 4 nitrogen and oxygen atoms in total. The Kier molecular flexibility index (Phi) is 5.12. The number of hydrogen-bond donors (Lipinski definition) is 1. The molecule has 1 N–H and O–H groups in total. The number of amides is 1. The van der Waals surface area contributed by atoms with E-state index in [4.69, 9.17) is 4.74 Å². The van der Waals surface area contributed by atoms with Gasteiger partial charge in [0.2, 0.25) is 0 Å².